The zero-order chi connectivity index (χ0) is 17.6. The molecule has 0 amide bonds. The van der Waals surface area contributed by atoms with Gasteiger partial charge < -0.3 is 40.1 Å². The van der Waals surface area contributed by atoms with E-state index < -0.39 is 48.9 Å². The maximum Gasteiger partial charge on any atom is 0.331 e. The van der Waals surface area contributed by atoms with E-state index in [2.05, 4.69) is 9.47 Å². The summed E-state index contributed by atoms with van der Waals surface area (Å²) in [5, 5.41) is 54.6. The fourth-order valence-electron chi connectivity index (χ4n) is 0.828. The molecule has 128 valence electrons. The summed E-state index contributed by atoms with van der Waals surface area (Å²) in [6, 6.07) is 0. The molecule has 0 aliphatic heterocycles. The van der Waals surface area contributed by atoms with Crippen LogP contribution < -0.4 is 0 Å². The topological polar surface area (TPSA) is 174 Å². The summed E-state index contributed by atoms with van der Waals surface area (Å²) in [5.41, 5.74) is 0. The molecule has 0 fully saturated rings. The van der Waals surface area contributed by atoms with Crippen LogP contribution in [0, 0.1) is 0 Å². The highest BCUT2D eigenvalue weighted by atomic mass is 16.6. The van der Waals surface area contributed by atoms with Crippen LogP contribution in [-0.2, 0) is 19.1 Å². The van der Waals surface area contributed by atoms with Crippen LogP contribution in [-0.4, -0.2) is 79.6 Å². The number of aliphatic hydroxyl groups excluding tert-OH is 2. The quantitative estimate of drug-likeness (QED) is 0.151. The molecule has 0 heterocycles. The van der Waals surface area contributed by atoms with Gasteiger partial charge in [0.05, 0.1) is 0 Å². The van der Waals surface area contributed by atoms with Gasteiger partial charge in [0.25, 0.3) is 0 Å². The number of carbonyl (C=O) groups excluding carboxylic acids is 2. The minimum atomic E-state index is -2.63. The predicted octanol–water partition coefficient (Wildman–Crippen LogP) is -3.25. The molecule has 2 unspecified atom stereocenters. The van der Waals surface area contributed by atoms with Gasteiger partial charge in [0.15, 0.2) is 0 Å². The molecule has 0 radical (unpaired) electrons. The lowest BCUT2D eigenvalue weighted by Gasteiger charge is -2.23. The number of esters is 2. The average molecular weight is 324 g/mol. The van der Waals surface area contributed by atoms with Crippen molar-refractivity contribution in [2.75, 3.05) is 13.2 Å². The first-order valence-corrected chi connectivity index (χ1v) is 6.15. The highest BCUT2D eigenvalue weighted by Gasteiger charge is 2.32. The van der Waals surface area contributed by atoms with E-state index in [1.54, 1.807) is 0 Å². The van der Waals surface area contributed by atoms with E-state index in [4.69, 9.17) is 10.2 Å². The van der Waals surface area contributed by atoms with Crippen LogP contribution in [0.3, 0.4) is 0 Å². The lowest BCUT2D eigenvalue weighted by molar-refractivity contribution is -0.243. The van der Waals surface area contributed by atoms with Gasteiger partial charge in [-0.3, -0.25) is 0 Å². The Morgan fingerprint density at radius 3 is 1.36 bits per heavy atom. The van der Waals surface area contributed by atoms with Gasteiger partial charge in [-0.15, -0.1) is 0 Å². The molecule has 0 saturated carbocycles. The van der Waals surface area contributed by atoms with Gasteiger partial charge in [-0.25, -0.2) is 9.59 Å². The fraction of sp³-hybridized carbons (Fsp3) is 0.667. The molecular weight excluding hydrogens is 304 g/mol. The molecule has 0 aliphatic carbocycles. The van der Waals surface area contributed by atoms with Crippen molar-refractivity contribution in [3.8, 4) is 0 Å². The van der Waals surface area contributed by atoms with Crippen LogP contribution in [0.4, 0.5) is 0 Å². The van der Waals surface area contributed by atoms with Crippen molar-refractivity contribution < 1.29 is 49.7 Å². The first kappa shape index (κ1) is 20.4. The number of hydrogen-bond donors (Lipinski definition) is 6. The second kappa shape index (κ2) is 8.17. The lowest BCUT2D eigenvalue weighted by Crippen LogP contribution is -2.45. The van der Waals surface area contributed by atoms with Gasteiger partial charge in [-0.2, -0.15) is 0 Å². The average Bonchev–Trinajstić information content (AvgIpc) is 2.40. The van der Waals surface area contributed by atoms with Gasteiger partial charge >= 0.3 is 11.9 Å². The van der Waals surface area contributed by atoms with Crippen molar-refractivity contribution in [1.29, 1.82) is 0 Å². The van der Waals surface area contributed by atoms with Crippen LogP contribution in [0.1, 0.15) is 13.8 Å². The Balaban J connectivity index is 4.26. The van der Waals surface area contributed by atoms with Crippen molar-refractivity contribution in [2.24, 2.45) is 0 Å². The summed E-state index contributed by atoms with van der Waals surface area (Å²) < 4.78 is 8.74. The van der Waals surface area contributed by atoms with Crippen LogP contribution in [0.25, 0.3) is 0 Å². The van der Waals surface area contributed by atoms with Gasteiger partial charge in [-0.05, 0) is 13.8 Å². The van der Waals surface area contributed by atoms with E-state index >= 15 is 0 Å². The number of aliphatic hydroxyl groups is 6. The normalized spacial score (nSPS) is 15.5. The summed E-state index contributed by atoms with van der Waals surface area (Å²) in [6.45, 7) is 0.279. The lowest BCUT2D eigenvalue weighted by atomic mass is 10.2. The molecule has 0 saturated heterocycles. The summed E-state index contributed by atoms with van der Waals surface area (Å²) in [5.74, 6) is -7.51. The van der Waals surface area contributed by atoms with Crippen molar-refractivity contribution in [1.82, 2.24) is 0 Å². The third kappa shape index (κ3) is 7.45. The maximum atomic E-state index is 11.2. The Labute approximate surface area is 125 Å². The zero-order valence-corrected chi connectivity index (χ0v) is 12.0. The predicted molar refractivity (Wildman–Crippen MR) is 68.8 cm³/mol. The Morgan fingerprint density at radius 1 is 0.864 bits per heavy atom. The Hall–Kier alpha value is -1.56. The summed E-state index contributed by atoms with van der Waals surface area (Å²) in [7, 11) is 0. The Kier molecular flexibility index (Phi) is 7.59. The Bertz CT molecular complexity index is 372. The van der Waals surface area contributed by atoms with Crippen molar-refractivity contribution >= 4 is 11.9 Å². The minimum Gasteiger partial charge on any atom is -0.457 e. The molecule has 22 heavy (non-hydrogen) atoms. The Morgan fingerprint density at radius 2 is 1.14 bits per heavy atom. The van der Waals surface area contributed by atoms with E-state index in [1.807, 2.05) is 0 Å². The van der Waals surface area contributed by atoms with Crippen molar-refractivity contribution in [3.63, 3.8) is 0 Å². The summed E-state index contributed by atoms with van der Waals surface area (Å²) in [6.07, 6.45) is -1.95. The molecule has 0 bridgehead atoms. The second-order valence-corrected chi connectivity index (χ2v) is 4.66. The number of carbonyl (C=O) groups is 2. The standard InChI is InChI=1S/C12H20O10/c1-7(13)11(17,18)5-21-9(15)3-4-10(16)22-6-12(19,20)8(2)14/h3-4,7-8,13-14,17-20H,5-6H2,1-2H3. The molecule has 0 aromatic rings. The van der Waals surface area contributed by atoms with Crippen LogP contribution in [0.15, 0.2) is 12.2 Å². The minimum absolute atomic E-state index is 0.596. The maximum absolute atomic E-state index is 11.2. The van der Waals surface area contributed by atoms with Crippen LogP contribution in [0.2, 0.25) is 0 Å². The smallest absolute Gasteiger partial charge is 0.331 e. The second-order valence-electron chi connectivity index (χ2n) is 4.66. The van der Waals surface area contributed by atoms with Crippen LogP contribution in [0.5, 0.6) is 0 Å². The third-order valence-electron chi connectivity index (χ3n) is 2.55. The summed E-state index contributed by atoms with van der Waals surface area (Å²) in [4.78, 5) is 22.3. The number of hydrogen-bond acceptors (Lipinski definition) is 10. The van der Waals surface area contributed by atoms with Gasteiger partial charge in [0.2, 0.25) is 11.6 Å². The van der Waals surface area contributed by atoms with Crippen LogP contribution >= 0.6 is 0 Å². The van der Waals surface area contributed by atoms with E-state index in [0.29, 0.717) is 12.2 Å². The highest BCUT2D eigenvalue weighted by molar-refractivity contribution is 5.91. The highest BCUT2D eigenvalue weighted by Crippen LogP contribution is 2.08. The molecule has 10 heteroatoms. The molecule has 10 nitrogen and oxygen atoms in total. The van der Waals surface area contributed by atoms with E-state index in [-0.39, 0.29) is 0 Å². The summed E-state index contributed by atoms with van der Waals surface area (Å²) >= 11 is 0. The molecule has 0 aromatic carbocycles. The molecule has 2 atom stereocenters. The molecule has 0 rings (SSSR count). The monoisotopic (exact) mass is 324 g/mol. The van der Waals surface area contributed by atoms with Gasteiger partial charge in [-0.1, -0.05) is 0 Å². The SMILES string of the molecule is CC(O)C(O)(O)COC(=O)C=CC(=O)OCC(O)(O)C(C)O. The number of rotatable bonds is 8. The third-order valence-corrected chi connectivity index (χ3v) is 2.55. The molecule has 0 aromatic heterocycles. The van der Waals surface area contributed by atoms with E-state index in [0.717, 1.165) is 13.8 Å². The fourth-order valence-corrected chi connectivity index (χ4v) is 0.828. The van der Waals surface area contributed by atoms with Crippen molar-refractivity contribution in [2.45, 2.75) is 37.6 Å². The molecular formula is C12H20O10. The molecule has 6 N–H and O–H groups in total. The molecule has 0 aliphatic rings. The van der Waals surface area contributed by atoms with Gasteiger partial charge in [0, 0.05) is 12.2 Å². The first-order chi connectivity index (χ1) is 9.88. The van der Waals surface area contributed by atoms with Crippen molar-refractivity contribution in [3.05, 3.63) is 12.2 Å². The van der Waals surface area contributed by atoms with Gasteiger partial charge in [0.1, 0.15) is 25.4 Å². The zero-order valence-electron chi connectivity index (χ0n) is 12.0. The largest absolute Gasteiger partial charge is 0.457 e. The molecule has 0 spiro atoms. The van der Waals surface area contributed by atoms with E-state index in [9.17, 15) is 30.0 Å². The number of ether oxygens (including phenoxy) is 2. The first-order valence-electron chi connectivity index (χ1n) is 6.15. The van der Waals surface area contributed by atoms with E-state index in [1.165, 1.54) is 0 Å².